The van der Waals surface area contributed by atoms with E-state index in [1.165, 1.54) is 0 Å². The fraction of sp³-hybridized carbons (Fsp3) is 0.727. The van der Waals surface area contributed by atoms with Gasteiger partial charge in [-0.1, -0.05) is 0 Å². The van der Waals surface area contributed by atoms with Crippen LogP contribution >= 0.6 is 0 Å². The second kappa shape index (κ2) is 5.54. The van der Waals surface area contributed by atoms with Crippen molar-refractivity contribution in [2.24, 2.45) is 0 Å². The number of nitrogens with zero attached hydrogens (tertiary/aromatic N) is 2. The molecule has 106 valence electrons. The van der Waals surface area contributed by atoms with E-state index in [0.29, 0.717) is 0 Å². The van der Waals surface area contributed by atoms with E-state index >= 15 is 0 Å². The monoisotopic (exact) mass is 280 g/mol. The molecule has 0 spiro atoms. The van der Waals surface area contributed by atoms with Crippen molar-refractivity contribution in [2.75, 3.05) is 0 Å². The van der Waals surface area contributed by atoms with E-state index in [0.717, 1.165) is 0 Å². The molecule has 0 bridgehead atoms. The summed E-state index contributed by atoms with van der Waals surface area (Å²) in [6.45, 7) is 13.3. The number of imidazole rings is 1. The molecule has 0 atom stereocenters. The molecule has 0 saturated carbocycles. The van der Waals surface area contributed by atoms with Gasteiger partial charge in [0.15, 0.2) is 0 Å². The molecule has 6 nitrogen and oxygen atoms in total. The van der Waals surface area contributed by atoms with Crippen molar-refractivity contribution < 1.29 is 33.4 Å². The van der Waals surface area contributed by atoms with Crippen LogP contribution in [-0.2, 0) is 11.1 Å². The summed E-state index contributed by atoms with van der Waals surface area (Å²) in [6.07, 6.45) is 6.43. The van der Waals surface area contributed by atoms with Crippen molar-refractivity contribution in [3.63, 3.8) is 0 Å². The van der Waals surface area contributed by atoms with Gasteiger partial charge in [-0.2, -0.15) is 0 Å². The maximum atomic E-state index is 8.49. The molecule has 18 heavy (non-hydrogen) atoms. The Kier molecular flexibility index (Phi) is 5.34. The normalized spacial score (nSPS) is 13.0. The Balaban J connectivity index is 0.000000494. The van der Waals surface area contributed by atoms with Crippen LogP contribution in [0.15, 0.2) is 18.7 Å². The van der Waals surface area contributed by atoms with Crippen molar-refractivity contribution in [2.45, 2.75) is 52.6 Å². The molecule has 1 rings (SSSR count). The van der Waals surface area contributed by atoms with Gasteiger partial charge in [-0.15, -0.1) is 10.2 Å². The second-order valence-corrected chi connectivity index (χ2v) is 6.70. The highest BCUT2D eigenvalue weighted by atomic mass is 35.7. The van der Waals surface area contributed by atoms with E-state index in [-0.39, 0.29) is 11.1 Å². The molecule has 0 aromatic carbocycles. The fourth-order valence-electron chi connectivity index (χ4n) is 1.15. The van der Waals surface area contributed by atoms with Crippen LogP contribution in [-0.4, -0.2) is 4.57 Å². The average Bonchev–Trinajstić information content (AvgIpc) is 2.43. The van der Waals surface area contributed by atoms with Gasteiger partial charge in [0.25, 0.3) is 0 Å². The van der Waals surface area contributed by atoms with Crippen LogP contribution < -0.4 is 23.2 Å². The molecule has 0 radical (unpaired) electrons. The minimum absolute atomic E-state index is 0.177. The molecule has 0 aliphatic carbocycles. The van der Waals surface area contributed by atoms with Crippen LogP contribution in [0.1, 0.15) is 41.5 Å². The van der Waals surface area contributed by atoms with Gasteiger partial charge in [-0.3, -0.25) is 0 Å². The van der Waals surface area contributed by atoms with Crippen molar-refractivity contribution >= 4 is 0 Å². The van der Waals surface area contributed by atoms with Crippen molar-refractivity contribution in [1.82, 2.24) is 4.57 Å². The van der Waals surface area contributed by atoms with Gasteiger partial charge in [-0.05, 0) is 41.5 Å². The van der Waals surface area contributed by atoms with Gasteiger partial charge in [0.1, 0.15) is 23.5 Å². The molecule has 0 fully saturated rings. The van der Waals surface area contributed by atoms with Crippen LogP contribution in [0.5, 0.6) is 0 Å². The lowest BCUT2D eigenvalue weighted by Crippen LogP contribution is -2.68. The Morgan fingerprint density at radius 3 is 1.50 bits per heavy atom. The minimum atomic E-state index is -4.94. The summed E-state index contributed by atoms with van der Waals surface area (Å²) in [5, 5.41) is 0. The standard InChI is InChI=1S/C11H21N2.ClHO4/c1-10(2,3)12-7-8-13(9-12)11(4,5)6;2-1(3,4)5/h7-9H,1-6H3;(H,2,3,4,5)/q+1;/p-1. The molecule has 0 N–H and O–H groups in total. The molecule has 1 heterocycles. The first-order chi connectivity index (χ1) is 7.71. The van der Waals surface area contributed by atoms with E-state index in [2.05, 4.69) is 69.4 Å². The predicted molar refractivity (Wildman–Crippen MR) is 54.6 cm³/mol. The van der Waals surface area contributed by atoms with Crippen molar-refractivity contribution in [3.05, 3.63) is 18.7 Å². The van der Waals surface area contributed by atoms with E-state index < -0.39 is 10.2 Å². The zero-order chi connectivity index (χ0) is 14.8. The number of rotatable bonds is 0. The van der Waals surface area contributed by atoms with Crippen LogP contribution in [0, 0.1) is 10.2 Å². The molecule has 0 aliphatic rings. The van der Waals surface area contributed by atoms with Crippen LogP contribution in [0.2, 0.25) is 0 Å². The summed E-state index contributed by atoms with van der Waals surface area (Å²) in [5.74, 6) is 0. The minimum Gasteiger partial charge on any atom is -0.232 e. The highest BCUT2D eigenvalue weighted by Gasteiger charge is 2.24. The summed E-state index contributed by atoms with van der Waals surface area (Å²) in [7, 11) is -4.94. The van der Waals surface area contributed by atoms with Gasteiger partial charge < -0.3 is 0 Å². The van der Waals surface area contributed by atoms with E-state index in [1.807, 2.05) is 0 Å². The van der Waals surface area contributed by atoms with Gasteiger partial charge in [0.2, 0.25) is 6.33 Å². The number of hydrogen-bond donors (Lipinski definition) is 0. The van der Waals surface area contributed by atoms with Crippen LogP contribution in [0.3, 0.4) is 0 Å². The topological polar surface area (TPSA) is 101 Å². The number of aromatic nitrogens is 2. The number of halogens is 1. The van der Waals surface area contributed by atoms with E-state index in [4.69, 9.17) is 18.6 Å². The Labute approximate surface area is 110 Å². The highest BCUT2D eigenvalue weighted by Crippen LogP contribution is 2.13. The molecule has 0 unspecified atom stereocenters. The van der Waals surface area contributed by atoms with Gasteiger partial charge >= 0.3 is 0 Å². The molecule has 1 aromatic heterocycles. The SMILES string of the molecule is CC(C)(C)n1cc[n+](C(C)(C)C)c1.[O-][Cl+3]([O-])([O-])[O-]. The zero-order valence-electron chi connectivity index (χ0n) is 11.6. The molecular weight excluding hydrogens is 260 g/mol. The molecule has 0 saturated heterocycles. The summed E-state index contributed by atoms with van der Waals surface area (Å²) < 4.78 is 38.4. The lowest BCUT2D eigenvalue weighted by molar-refractivity contribution is -2.00. The van der Waals surface area contributed by atoms with Gasteiger partial charge in [0, 0.05) is 0 Å². The largest absolute Gasteiger partial charge is 0.244 e. The molecule has 0 aliphatic heterocycles. The fourth-order valence-corrected chi connectivity index (χ4v) is 1.15. The second-order valence-electron chi connectivity index (χ2n) is 5.95. The summed E-state index contributed by atoms with van der Waals surface area (Å²) in [4.78, 5) is 0. The van der Waals surface area contributed by atoms with Crippen LogP contribution in [0.4, 0.5) is 0 Å². The molecule has 0 amide bonds. The Morgan fingerprint density at radius 2 is 1.33 bits per heavy atom. The van der Waals surface area contributed by atoms with Crippen LogP contribution in [0.25, 0.3) is 0 Å². The Hall–Kier alpha value is -0.660. The van der Waals surface area contributed by atoms with Crippen molar-refractivity contribution in [1.29, 1.82) is 0 Å². The lowest BCUT2D eigenvalue weighted by atomic mass is 10.1. The summed E-state index contributed by atoms with van der Waals surface area (Å²) in [6, 6.07) is 0. The van der Waals surface area contributed by atoms with Gasteiger partial charge in [-0.25, -0.2) is 27.8 Å². The first-order valence-corrected chi connectivity index (χ1v) is 6.66. The third kappa shape index (κ3) is 7.62. The van der Waals surface area contributed by atoms with Gasteiger partial charge in [0.05, 0.1) is 0 Å². The quantitative estimate of drug-likeness (QED) is 0.492. The summed E-state index contributed by atoms with van der Waals surface area (Å²) in [5.41, 5.74) is 0.354. The average molecular weight is 281 g/mol. The maximum Gasteiger partial charge on any atom is 0.244 e. The first kappa shape index (κ1) is 17.3. The molecule has 7 heteroatoms. The van der Waals surface area contributed by atoms with Crippen molar-refractivity contribution in [3.8, 4) is 0 Å². The highest BCUT2D eigenvalue weighted by molar-refractivity contribution is 4.79. The first-order valence-electron chi connectivity index (χ1n) is 5.43. The number of hydrogen-bond acceptors (Lipinski definition) is 4. The molecule has 1 aromatic rings. The van der Waals surface area contributed by atoms with E-state index in [9.17, 15) is 0 Å². The summed E-state index contributed by atoms with van der Waals surface area (Å²) >= 11 is 0. The lowest BCUT2D eigenvalue weighted by Gasteiger charge is -2.17. The van der Waals surface area contributed by atoms with E-state index in [1.54, 1.807) is 0 Å². The third-order valence-corrected chi connectivity index (χ3v) is 2.19. The predicted octanol–water partition coefficient (Wildman–Crippen LogP) is -2.47. The third-order valence-electron chi connectivity index (χ3n) is 2.19. The Bertz CT molecular complexity index is 337. The zero-order valence-corrected chi connectivity index (χ0v) is 12.4. The smallest absolute Gasteiger partial charge is 0.232 e. The Morgan fingerprint density at radius 1 is 0.944 bits per heavy atom. The maximum absolute atomic E-state index is 8.49. The molecular formula is C11H21ClN2O4.